The summed E-state index contributed by atoms with van der Waals surface area (Å²) in [6.07, 6.45) is 1.95. The molecule has 0 amide bonds. The molecule has 106 valence electrons. The van der Waals surface area contributed by atoms with E-state index in [4.69, 9.17) is 4.74 Å². The van der Waals surface area contributed by atoms with E-state index < -0.39 is 17.2 Å². The molecule has 1 aromatic carbocycles. The molecule has 2 aromatic rings. The fourth-order valence-electron chi connectivity index (χ4n) is 2.55. The number of hydrogen-bond donors (Lipinski definition) is 3. The monoisotopic (exact) mass is 276 g/mol. The zero-order valence-corrected chi connectivity index (χ0v) is 10.9. The largest absolute Gasteiger partial charge is 0.386 e. The van der Waals surface area contributed by atoms with Gasteiger partial charge in [-0.05, 0) is 37.0 Å². The van der Waals surface area contributed by atoms with Crippen LogP contribution in [0.15, 0.2) is 27.8 Å². The topological polar surface area (TPSA) is 95.2 Å². The molecule has 6 nitrogen and oxygen atoms in total. The van der Waals surface area contributed by atoms with Crippen molar-refractivity contribution in [2.75, 3.05) is 6.61 Å². The summed E-state index contributed by atoms with van der Waals surface area (Å²) in [5.74, 6) is 0. The third kappa shape index (κ3) is 2.39. The summed E-state index contributed by atoms with van der Waals surface area (Å²) in [6.45, 7) is 0.666. The predicted molar refractivity (Wildman–Crippen MR) is 73.7 cm³/mol. The van der Waals surface area contributed by atoms with Crippen molar-refractivity contribution in [2.24, 2.45) is 0 Å². The number of H-pyrrole nitrogens is 2. The third-order valence-electron chi connectivity index (χ3n) is 3.65. The molecule has 1 aliphatic heterocycles. The first kappa shape index (κ1) is 13.1. The Kier molecular flexibility index (Phi) is 3.42. The number of aliphatic hydroxyl groups is 1. The van der Waals surface area contributed by atoms with Gasteiger partial charge in [-0.3, -0.25) is 9.59 Å². The summed E-state index contributed by atoms with van der Waals surface area (Å²) in [5, 5.41) is 10.3. The molecule has 1 fully saturated rings. The highest BCUT2D eigenvalue weighted by molar-refractivity contribution is 5.74. The zero-order chi connectivity index (χ0) is 14.1. The lowest BCUT2D eigenvalue weighted by Crippen LogP contribution is -2.29. The minimum absolute atomic E-state index is 0.212. The van der Waals surface area contributed by atoms with Crippen LogP contribution in [0, 0.1) is 0 Å². The number of nitrogens with one attached hydrogen (secondary N) is 2. The lowest BCUT2D eigenvalue weighted by Gasteiger charge is -2.27. The Morgan fingerprint density at radius 2 is 1.90 bits per heavy atom. The van der Waals surface area contributed by atoms with E-state index in [1.165, 1.54) is 0 Å². The van der Waals surface area contributed by atoms with Crippen molar-refractivity contribution in [3.05, 3.63) is 44.5 Å². The Balaban J connectivity index is 1.97. The Hall–Kier alpha value is -1.92. The van der Waals surface area contributed by atoms with Gasteiger partial charge in [-0.25, -0.2) is 0 Å². The number of fused-ring (bicyclic) bond motifs is 1. The Morgan fingerprint density at radius 1 is 1.15 bits per heavy atom. The maximum Gasteiger partial charge on any atom is 0.314 e. The standard InChI is InChI=1S/C14H16N2O4/c17-12(11-3-1-2-6-20-11)8-4-5-9-10(7-8)16-14(19)13(18)15-9/h4-5,7,11-12,17H,1-3,6H2,(H,15,18)(H,16,19). The summed E-state index contributed by atoms with van der Waals surface area (Å²) < 4.78 is 5.57. The van der Waals surface area contributed by atoms with Crippen molar-refractivity contribution >= 4 is 11.0 Å². The number of aromatic amines is 2. The minimum atomic E-state index is -0.727. The van der Waals surface area contributed by atoms with E-state index in [0.717, 1.165) is 19.3 Å². The summed E-state index contributed by atoms with van der Waals surface area (Å²) >= 11 is 0. The molecule has 0 spiro atoms. The predicted octanol–water partition coefficient (Wildman–Crippen LogP) is 0.819. The highest BCUT2D eigenvalue weighted by atomic mass is 16.5. The molecule has 0 radical (unpaired) electrons. The van der Waals surface area contributed by atoms with E-state index in [2.05, 4.69) is 9.97 Å². The van der Waals surface area contributed by atoms with Crippen LogP contribution in [0.1, 0.15) is 30.9 Å². The summed E-state index contributed by atoms with van der Waals surface area (Å²) in [4.78, 5) is 27.6. The molecule has 3 rings (SSSR count). The van der Waals surface area contributed by atoms with Gasteiger partial charge in [0.25, 0.3) is 0 Å². The average Bonchev–Trinajstić information content (AvgIpc) is 2.48. The maximum atomic E-state index is 11.3. The van der Waals surface area contributed by atoms with E-state index >= 15 is 0 Å². The smallest absolute Gasteiger partial charge is 0.314 e. The second kappa shape index (κ2) is 5.22. The molecule has 6 heteroatoms. The number of benzene rings is 1. The van der Waals surface area contributed by atoms with E-state index in [1.807, 2.05) is 0 Å². The SMILES string of the molecule is O=c1[nH]c2ccc(C(O)C3CCCCO3)cc2[nH]c1=O. The van der Waals surface area contributed by atoms with Crippen molar-refractivity contribution in [3.63, 3.8) is 0 Å². The van der Waals surface area contributed by atoms with E-state index in [0.29, 0.717) is 23.2 Å². The van der Waals surface area contributed by atoms with Gasteiger partial charge < -0.3 is 19.8 Å². The third-order valence-corrected chi connectivity index (χ3v) is 3.65. The maximum absolute atomic E-state index is 11.3. The van der Waals surface area contributed by atoms with Crippen molar-refractivity contribution in [3.8, 4) is 0 Å². The van der Waals surface area contributed by atoms with Crippen LogP contribution in [0.4, 0.5) is 0 Å². The highest BCUT2D eigenvalue weighted by Gasteiger charge is 2.24. The molecular weight excluding hydrogens is 260 g/mol. The molecule has 1 aromatic heterocycles. The molecule has 3 N–H and O–H groups in total. The van der Waals surface area contributed by atoms with Crippen LogP contribution in [-0.4, -0.2) is 27.8 Å². The van der Waals surface area contributed by atoms with Gasteiger partial charge in [-0.15, -0.1) is 0 Å². The molecule has 0 saturated carbocycles. The molecule has 20 heavy (non-hydrogen) atoms. The van der Waals surface area contributed by atoms with Gasteiger partial charge in [0.15, 0.2) is 0 Å². The first-order valence-corrected chi connectivity index (χ1v) is 6.71. The Bertz CT molecular complexity index is 728. The van der Waals surface area contributed by atoms with Gasteiger partial charge >= 0.3 is 11.1 Å². The number of aromatic nitrogens is 2. The number of hydrogen-bond acceptors (Lipinski definition) is 4. The summed E-state index contributed by atoms with van der Waals surface area (Å²) in [7, 11) is 0. The van der Waals surface area contributed by atoms with E-state index in [-0.39, 0.29) is 6.10 Å². The second-order valence-electron chi connectivity index (χ2n) is 5.06. The van der Waals surface area contributed by atoms with Crippen LogP contribution < -0.4 is 11.1 Å². The Morgan fingerprint density at radius 3 is 2.60 bits per heavy atom. The first-order chi connectivity index (χ1) is 9.65. The quantitative estimate of drug-likeness (QED) is 0.708. The fraction of sp³-hybridized carbons (Fsp3) is 0.429. The lowest BCUT2D eigenvalue weighted by molar-refractivity contribution is -0.0633. The zero-order valence-electron chi connectivity index (χ0n) is 10.9. The molecule has 1 aliphatic rings. The van der Waals surface area contributed by atoms with Crippen LogP contribution in [0.5, 0.6) is 0 Å². The number of aliphatic hydroxyl groups excluding tert-OH is 1. The molecule has 2 heterocycles. The van der Waals surface area contributed by atoms with Crippen LogP contribution >= 0.6 is 0 Å². The van der Waals surface area contributed by atoms with Crippen molar-refractivity contribution in [1.29, 1.82) is 0 Å². The molecule has 0 aliphatic carbocycles. The molecule has 2 atom stereocenters. The second-order valence-corrected chi connectivity index (χ2v) is 5.06. The Labute approximate surface area is 114 Å². The fourth-order valence-corrected chi connectivity index (χ4v) is 2.55. The molecular formula is C14H16N2O4. The van der Waals surface area contributed by atoms with Crippen LogP contribution in [0.3, 0.4) is 0 Å². The van der Waals surface area contributed by atoms with Gasteiger partial charge in [-0.1, -0.05) is 6.07 Å². The van der Waals surface area contributed by atoms with Gasteiger partial charge in [0.1, 0.15) is 6.10 Å². The normalized spacial score (nSPS) is 20.9. The van der Waals surface area contributed by atoms with Crippen molar-refractivity contribution in [1.82, 2.24) is 9.97 Å². The van der Waals surface area contributed by atoms with Crippen LogP contribution in [-0.2, 0) is 4.74 Å². The van der Waals surface area contributed by atoms with Gasteiger partial charge in [0.05, 0.1) is 17.1 Å². The van der Waals surface area contributed by atoms with Crippen LogP contribution in [0.2, 0.25) is 0 Å². The van der Waals surface area contributed by atoms with Gasteiger partial charge in [0, 0.05) is 6.61 Å². The van der Waals surface area contributed by atoms with E-state index in [9.17, 15) is 14.7 Å². The summed E-state index contributed by atoms with van der Waals surface area (Å²) in [6, 6.07) is 5.09. The number of ether oxygens (including phenoxy) is 1. The van der Waals surface area contributed by atoms with Crippen molar-refractivity contribution < 1.29 is 9.84 Å². The van der Waals surface area contributed by atoms with Gasteiger partial charge in [0.2, 0.25) is 0 Å². The lowest BCUT2D eigenvalue weighted by atomic mass is 9.98. The first-order valence-electron chi connectivity index (χ1n) is 6.71. The minimum Gasteiger partial charge on any atom is -0.386 e. The van der Waals surface area contributed by atoms with Crippen LogP contribution in [0.25, 0.3) is 11.0 Å². The highest BCUT2D eigenvalue weighted by Crippen LogP contribution is 2.27. The molecule has 2 unspecified atom stereocenters. The van der Waals surface area contributed by atoms with Crippen molar-refractivity contribution in [2.45, 2.75) is 31.5 Å². The van der Waals surface area contributed by atoms with Gasteiger partial charge in [-0.2, -0.15) is 0 Å². The number of rotatable bonds is 2. The average molecular weight is 276 g/mol. The van der Waals surface area contributed by atoms with E-state index in [1.54, 1.807) is 18.2 Å². The molecule has 0 bridgehead atoms. The summed E-state index contributed by atoms with van der Waals surface area (Å²) in [5.41, 5.74) is 0.337. The molecule has 1 saturated heterocycles.